The third-order valence-corrected chi connectivity index (χ3v) is 9.97. The number of rotatable bonds is 20. The largest absolute Gasteiger partial charge is 0.509 e. The van der Waals surface area contributed by atoms with Crippen molar-refractivity contribution in [3.05, 3.63) is 81.8 Å². The fourth-order valence-corrected chi connectivity index (χ4v) is 6.14. The van der Waals surface area contributed by atoms with Crippen molar-refractivity contribution in [2.24, 2.45) is 5.92 Å². The number of amides is 2. The van der Waals surface area contributed by atoms with Gasteiger partial charge in [-0.3, -0.25) is 24.0 Å². The number of thiazole rings is 1. The van der Waals surface area contributed by atoms with Gasteiger partial charge in [-0.1, -0.05) is 65.1 Å². The molecule has 2 amide bonds. The first-order valence-electron chi connectivity index (χ1n) is 16.1. The molecular weight excluding hydrogens is 809 g/mol. The van der Waals surface area contributed by atoms with Crippen LogP contribution in [0.3, 0.4) is 0 Å². The monoisotopic (exact) mass is 851 g/mol. The molecule has 0 spiro atoms. The van der Waals surface area contributed by atoms with E-state index in [4.69, 9.17) is 23.7 Å². The molecule has 0 saturated heterocycles. The molecule has 0 saturated carbocycles. The van der Waals surface area contributed by atoms with E-state index in [1.807, 2.05) is 28.7 Å². The minimum atomic E-state index is -1.72. The fraction of sp³-hybridized carbons (Fsp3) is 0.417. The Morgan fingerprint density at radius 1 is 0.904 bits per heavy atom. The zero-order valence-corrected chi connectivity index (χ0v) is 32.4. The summed E-state index contributed by atoms with van der Waals surface area (Å²) < 4.78 is 26.3. The number of ether oxygens (including phenoxy) is 5. The van der Waals surface area contributed by atoms with Gasteiger partial charge < -0.3 is 34.3 Å². The van der Waals surface area contributed by atoms with E-state index in [2.05, 4.69) is 15.6 Å². The number of carbonyl (C=O) groups is 6. The number of carbonyl (C=O) groups excluding carboxylic acids is 6. The maximum absolute atomic E-state index is 14.2. The van der Waals surface area contributed by atoms with Gasteiger partial charge in [-0.15, -0.1) is 11.3 Å². The van der Waals surface area contributed by atoms with Crippen molar-refractivity contribution in [2.75, 3.05) is 31.9 Å². The Bertz CT molecular complexity index is 1690. The summed E-state index contributed by atoms with van der Waals surface area (Å²) in [6, 6.07) is 13.0. The number of aryl methyl sites for hydroxylation is 1. The summed E-state index contributed by atoms with van der Waals surface area (Å²) in [5.41, 5.74) is -0.426. The minimum absolute atomic E-state index is 0.0224. The number of Topliss-reactive ketones (excluding diaryl/α,β-unsaturated/α-hetero) is 2. The van der Waals surface area contributed by atoms with Crippen LogP contribution in [0, 0.1) is 12.8 Å². The molecule has 14 nitrogen and oxygen atoms in total. The summed E-state index contributed by atoms with van der Waals surface area (Å²) in [5, 5.41) is 6.10. The second kappa shape index (κ2) is 20.7. The molecule has 3 aromatic rings. The van der Waals surface area contributed by atoms with E-state index in [9.17, 15) is 28.8 Å². The summed E-state index contributed by atoms with van der Waals surface area (Å²) in [6.07, 6.45) is 0.0172. The topological polar surface area (TPSA) is 186 Å². The number of nitrogens with zero attached hydrogens (tertiary/aromatic N) is 1. The Balaban J connectivity index is 1.75. The molecule has 2 aromatic carbocycles. The Labute approximate surface area is 319 Å². The maximum Gasteiger partial charge on any atom is 0.509 e. The average molecular weight is 852 g/mol. The maximum atomic E-state index is 14.2. The van der Waals surface area contributed by atoms with Crippen LogP contribution in [0.1, 0.15) is 46.1 Å². The van der Waals surface area contributed by atoms with Gasteiger partial charge in [0.2, 0.25) is 5.91 Å². The predicted molar refractivity (Wildman–Crippen MR) is 198 cm³/mol. The number of benzene rings is 2. The highest BCUT2D eigenvalue weighted by atomic mass is 127. The van der Waals surface area contributed by atoms with Crippen molar-refractivity contribution in [1.82, 2.24) is 15.6 Å². The summed E-state index contributed by atoms with van der Waals surface area (Å²) in [4.78, 5) is 82.6. The SMILES string of the molecule is COC[C@H](CC(=O)[C@H](COC)NC(=O)c1cnc(C)s1)C(=O)N[C@@H](Cc1ccccc1)C(=O)[C@@](C)(CI)OC(=O)OCc1ccc(OC(C)=O)cc1. The molecule has 1 aromatic heterocycles. The van der Waals surface area contributed by atoms with Crippen LogP contribution in [0.2, 0.25) is 0 Å². The van der Waals surface area contributed by atoms with Crippen molar-refractivity contribution in [3.8, 4) is 5.75 Å². The molecule has 0 aliphatic heterocycles. The molecule has 0 radical (unpaired) electrons. The van der Waals surface area contributed by atoms with Crippen molar-refractivity contribution < 1.29 is 52.5 Å². The minimum Gasteiger partial charge on any atom is -0.429 e. The zero-order chi connectivity index (χ0) is 38.3. The first-order valence-corrected chi connectivity index (χ1v) is 18.4. The fourth-order valence-electron chi connectivity index (χ4n) is 4.93. The van der Waals surface area contributed by atoms with E-state index in [1.165, 1.54) is 45.6 Å². The third kappa shape index (κ3) is 13.1. The number of halogens is 1. The summed E-state index contributed by atoms with van der Waals surface area (Å²) in [5.74, 6) is -3.43. The first-order chi connectivity index (χ1) is 24.8. The lowest BCUT2D eigenvalue weighted by atomic mass is 9.91. The molecule has 0 aliphatic carbocycles. The van der Waals surface area contributed by atoms with Gasteiger partial charge in [0.25, 0.3) is 5.91 Å². The molecule has 280 valence electrons. The Hall–Kier alpha value is -4.26. The predicted octanol–water partition coefficient (Wildman–Crippen LogP) is 4.19. The summed E-state index contributed by atoms with van der Waals surface area (Å²) in [6.45, 7) is 3.97. The molecule has 4 atom stereocenters. The van der Waals surface area contributed by atoms with E-state index in [-0.39, 0.29) is 37.1 Å². The van der Waals surface area contributed by atoms with Crippen molar-refractivity contribution in [1.29, 1.82) is 0 Å². The van der Waals surface area contributed by atoms with Gasteiger partial charge in [0.05, 0.1) is 36.4 Å². The molecule has 16 heteroatoms. The quantitative estimate of drug-likeness (QED) is 0.0717. The lowest BCUT2D eigenvalue weighted by molar-refractivity contribution is -0.142. The molecule has 0 unspecified atom stereocenters. The van der Waals surface area contributed by atoms with Crippen LogP contribution >= 0.6 is 33.9 Å². The average Bonchev–Trinajstić information content (AvgIpc) is 3.56. The second-order valence-electron chi connectivity index (χ2n) is 11.9. The van der Waals surface area contributed by atoms with E-state index in [0.29, 0.717) is 21.2 Å². The van der Waals surface area contributed by atoms with E-state index in [1.54, 1.807) is 55.5 Å². The van der Waals surface area contributed by atoms with Gasteiger partial charge in [0.1, 0.15) is 23.3 Å². The van der Waals surface area contributed by atoms with Crippen molar-refractivity contribution in [3.63, 3.8) is 0 Å². The highest BCUT2D eigenvalue weighted by Crippen LogP contribution is 2.22. The molecule has 0 fully saturated rings. The van der Waals surface area contributed by atoms with Gasteiger partial charge in [0.15, 0.2) is 17.2 Å². The zero-order valence-electron chi connectivity index (χ0n) is 29.5. The molecule has 0 bridgehead atoms. The summed E-state index contributed by atoms with van der Waals surface area (Å²) >= 11 is 3.09. The van der Waals surface area contributed by atoms with Crippen LogP contribution in [0.25, 0.3) is 0 Å². The molecule has 2 N–H and O–H groups in total. The van der Waals surface area contributed by atoms with E-state index in [0.717, 1.165) is 5.56 Å². The lowest BCUT2D eigenvalue weighted by Crippen LogP contribution is -2.56. The Kier molecular flexibility index (Phi) is 16.8. The van der Waals surface area contributed by atoms with E-state index >= 15 is 0 Å². The van der Waals surface area contributed by atoms with Crippen molar-refractivity contribution in [2.45, 2.75) is 57.9 Å². The number of aromatic nitrogens is 1. The smallest absolute Gasteiger partial charge is 0.429 e. The number of ketones is 2. The number of nitrogens with one attached hydrogen (secondary N) is 2. The third-order valence-electron chi connectivity index (χ3n) is 7.60. The standard InChI is InChI=1S/C36H42IN3O11S/c1-22-38-17-31(52-22)34(45)40-29(20-48-5)30(42)16-26(19-47-4)33(44)39-28(15-24-9-7-6-8-10-24)32(43)36(3,21-37)51-35(46)49-18-25-11-13-27(14-12-25)50-23(2)41/h6-14,17,26,28-29H,15-16,18-21H2,1-5H3,(H,39,44)(H,40,45)/t26-,28-,29-,36+/m0/s1. The van der Waals surface area contributed by atoms with Gasteiger partial charge >= 0.3 is 12.1 Å². The van der Waals surface area contributed by atoms with Crippen LogP contribution in [0.15, 0.2) is 60.8 Å². The van der Waals surface area contributed by atoms with Gasteiger partial charge in [-0.05, 0) is 43.5 Å². The second-order valence-corrected chi connectivity index (χ2v) is 13.9. The van der Waals surface area contributed by atoms with E-state index < -0.39 is 59.1 Å². The molecular formula is C36H42IN3O11S. The number of hydrogen-bond donors (Lipinski definition) is 2. The van der Waals surface area contributed by atoms with Crippen molar-refractivity contribution >= 4 is 69.4 Å². The highest BCUT2D eigenvalue weighted by molar-refractivity contribution is 14.1. The molecule has 3 rings (SSSR count). The van der Waals surface area contributed by atoms with Gasteiger partial charge in [0, 0.05) is 32.0 Å². The molecule has 1 heterocycles. The first kappa shape index (κ1) is 42.2. The summed E-state index contributed by atoms with van der Waals surface area (Å²) in [7, 11) is 2.76. The molecule has 52 heavy (non-hydrogen) atoms. The van der Waals surface area contributed by atoms with Gasteiger partial charge in [-0.25, -0.2) is 9.78 Å². The Morgan fingerprint density at radius 2 is 1.58 bits per heavy atom. The lowest BCUT2D eigenvalue weighted by Gasteiger charge is -2.31. The van der Waals surface area contributed by atoms with Crippen LogP contribution < -0.4 is 15.4 Å². The van der Waals surface area contributed by atoms with Crippen LogP contribution in [-0.2, 0) is 51.2 Å². The normalized spacial score (nSPS) is 13.8. The Morgan fingerprint density at radius 3 is 2.15 bits per heavy atom. The van der Waals surface area contributed by atoms with Crippen LogP contribution in [0.5, 0.6) is 5.75 Å². The number of esters is 1. The van der Waals surface area contributed by atoms with Crippen LogP contribution in [0.4, 0.5) is 4.79 Å². The number of alkyl halides is 1. The van der Waals surface area contributed by atoms with Crippen LogP contribution in [-0.4, -0.2) is 90.0 Å². The number of methoxy groups -OCH3 is 2. The molecule has 0 aliphatic rings. The highest BCUT2D eigenvalue weighted by Gasteiger charge is 2.42. The van der Waals surface area contributed by atoms with Gasteiger partial charge in [-0.2, -0.15) is 0 Å². The number of hydrogen-bond acceptors (Lipinski definition) is 13.